The molecule has 0 spiro atoms. The summed E-state index contributed by atoms with van der Waals surface area (Å²) in [7, 11) is 0. The van der Waals surface area contributed by atoms with E-state index in [4.69, 9.17) is 15.2 Å². The third-order valence-corrected chi connectivity index (χ3v) is 4.09. The van der Waals surface area contributed by atoms with Gasteiger partial charge >= 0.3 is 0 Å². The summed E-state index contributed by atoms with van der Waals surface area (Å²) in [4.78, 5) is 11.8. The Balaban J connectivity index is 2.35. The van der Waals surface area contributed by atoms with Crippen molar-refractivity contribution < 1.29 is 14.3 Å². The summed E-state index contributed by atoms with van der Waals surface area (Å²) >= 11 is 3.48. The molecule has 0 saturated heterocycles. The molecule has 1 aliphatic rings. The molecule has 5 nitrogen and oxygen atoms in total. The van der Waals surface area contributed by atoms with Crippen LogP contribution in [0.1, 0.15) is 38.3 Å². The van der Waals surface area contributed by atoms with E-state index in [-0.39, 0.29) is 6.04 Å². The van der Waals surface area contributed by atoms with Gasteiger partial charge in [0.15, 0.2) is 11.5 Å². The molecule has 0 saturated carbocycles. The van der Waals surface area contributed by atoms with Crippen LogP contribution in [0.4, 0.5) is 0 Å². The van der Waals surface area contributed by atoms with E-state index in [1.165, 1.54) is 0 Å². The monoisotopic (exact) mass is 356 g/mol. The highest BCUT2D eigenvalue weighted by molar-refractivity contribution is 9.10. The van der Waals surface area contributed by atoms with Crippen LogP contribution in [0.3, 0.4) is 0 Å². The van der Waals surface area contributed by atoms with Crippen molar-refractivity contribution in [1.29, 1.82) is 0 Å². The lowest BCUT2D eigenvalue weighted by molar-refractivity contribution is -0.120. The van der Waals surface area contributed by atoms with Crippen molar-refractivity contribution in [2.75, 3.05) is 13.2 Å². The smallest absolute Gasteiger partial charge is 0.239 e. The Bertz CT molecular complexity index is 522. The zero-order chi connectivity index (χ0) is 15.4. The predicted molar refractivity (Wildman–Crippen MR) is 84.6 cm³/mol. The second-order valence-corrected chi connectivity index (χ2v) is 6.05. The average Bonchev–Trinajstić information content (AvgIpc) is 2.69. The molecule has 21 heavy (non-hydrogen) atoms. The number of hydrogen-bond donors (Lipinski definition) is 2. The molecule has 0 bridgehead atoms. The first-order chi connectivity index (χ1) is 10.0. The number of halogens is 1. The van der Waals surface area contributed by atoms with E-state index in [1.54, 1.807) is 0 Å². The van der Waals surface area contributed by atoms with E-state index in [0.717, 1.165) is 22.9 Å². The van der Waals surface area contributed by atoms with Crippen LogP contribution in [0.25, 0.3) is 0 Å². The van der Waals surface area contributed by atoms with Crippen molar-refractivity contribution in [2.45, 2.75) is 38.8 Å². The number of primary amides is 1. The molecule has 116 valence electrons. The number of rotatable bonds is 5. The van der Waals surface area contributed by atoms with Crippen molar-refractivity contribution in [3.63, 3.8) is 0 Å². The Hall–Kier alpha value is -1.27. The van der Waals surface area contributed by atoms with Crippen molar-refractivity contribution in [2.24, 2.45) is 5.73 Å². The molecule has 0 fully saturated rings. The first-order valence-corrected chi connectivity index (χ1v) is 7.96. The molecular weight excluding hydrogens is 336 g/mol. The van der Waals surface area contributed by atoms with Crippen LogP contribution >= 0.6 is 15.9 Å². The molecule has 6 heteroatoms. The fourth-order valence-electron chi connectivity index (χ4n) is 2.16. The van der Waals surface area contributed by atoms with E-state index in [9.17, 15) is 4.79 Å². The minimum Gasteiger partial charge on any atom is -0.490 e. The third-order valence-electron chi connectivity index (χ3n) is 3.51. The van der Waals surface area contributed by atoms with Gasteiger partial charge in [-0.2, -0.15) is 0 Å². The largest absolute Gasteiger partial charge is 0.490 e. The molecule has 1 heterocycles. The van der Waals surface area contributed by atoms with Crippen LogP contribution in [0.5, 0.6) is 11.5 Å². The number of ether oxygens (including phenoxy) is 2. The molecule has 0 aliphatic carbocycles. The Labute approximate surface area is 133 Å². The van der Waals surface area contributed by atoms with Crippen molar-refractivity contribution >= 4 is 21.8 Å². The highest BCUT2D eigenvalue weighted by Crippen LogP contribution is 2.39. The minimum atomic E-state index is -0.548. The number of nitrogens with one attached hydrogen (secondary N) is 1. The van der Waals surface area contributed by atoms with Gasteiger partial charge < -0.3 is 15.2 Å². The standard InChI is InChI=1S/C15H21BrN2O3/c1-3-9(2)18-13(15(17)19)10-7-11(16)14-12(8-10)20-5-4-6-21-14/h7-9,13,18H,3-6H2,1-2H3,(H2,17,19). The number of amides is 1. The maximum absolute atomic E-state index is 11.8. The van der Waals surface area contributed by atoms with Gasteiger partial charge in [-0.3, -0.25) is 10.1 Å². The van der Waals surface area contributed by atoms with Gasteiger partial charge in [-0.25, -0.2) is 0 Å². The van der Waals surface area contributed by atoms with Crippen LogP contribution in [0.2, 0.25) is 0 Å². The third kappa shape index (κ3) is 3.89. The van der Waals surface area contributed by atoms with Gasteiger partial charge in [-0.05, 0) is 47.0 Å². The molecule has 1 amide bonds. The number of carbonyl (C=O) groups is 1. The van der Waals surface area contributed by atoms with E-state index >= 15 is 0 Å². The van der Waals surface area contributed by atoms with Crippen LogP contribution in [-0.2, 0) is 4.79 Å². The minimum absolute atomic E-state index is 0.192. The molecule has 1 aromatic rings. The molecule has 0 radical (unpaired) electrons. The first kappa shape index (κ1) is 16.1. The number of fused-ring (bicyclic) bond motifs is 1. The SMILES string of the molecule is CCC(C)NC(C(N)=O)c1cc(Br)c2c(c1)OCCCO2. The number of carbonyl (C=O) groups excluding carboxylic acids is 1. The molecule has 2 atom stereocenters. The zero-order valence-electron chi connectivity index (χ0n) is 12.3. The van der Waals surface area contributed by atoms with Gasteiger partial charge in [0.05, 0.1) is 17.7 Å². The Morgan fingerprint density at radius 3 is 2.81 bits per heavy atom. The van der Waals surface area contributed by atoms with Gasteiger partial charge in [0.1, 0.15) is 6.04 Å². The normalized spacial score (nSPS) is 16.9. The van der Waals surface area contributed by atoms with E-state index < -0.39 is 11.9 Å². The summed E-state index contributed by atoms with van der Waals surface area (Å²) in [6, 6.07) is 3.33. The molecule has 3 N–H and O–H groups in total. The molecule has 0 aromatic heterocycles. The van der Waals surface area contributed by atoms with Crippen molar-refractivity contribution in [1.82, 2.24) is 5.32 Å². The van der Waals surface area contributed by atoms with Gasteiger partial charge in [-0.1, -0.05) is 6.92 Å². The summed E-state index contributed by atoms with van der Waals surface area (Å²) in [5.74, 6) is 0.925. The lowest BCUT2D eigenvalue weighted by atomic mass is 10.0. The Morgan fingerprint density at radius 2 is 2.14 bits per heavy atom. The quantitative estimate of drug-likeness (QED) is 0.849. The van der Waals surface area contributed by atoms with Gasteiger partial charge in [0.25, 0.3) is 0 Å². The fraction of sp³-hybridized carbons (Fsp3) is 0.533. The van der Waals surface area contributed by atoms with Crippen LogP contribution in [0.15, 0.2) is 16.6 Å². The molecule has 2 unspecified atom stereocenters. The van der Waals surface area contributed by atoms with E-state index in [2.05, 4.69) is 28.2 Å². The van der Waals surface area contributed by atoms with Crippen LogP contribution in [-0.4, -0.2) is 25.2 Å². The fourth-order valence-corrected chi connectivity index (χ4v) is 2.74. The average molecular weight is 357 g/mol. The lowest BCUT2D eigenvalue weighted by Crippen LogP contribution is -2.38. The maximum Gasteiger partial charge on any atom is 0.239 e. The summed E-state index contributed by atoms with van der Waals surface area (Å²) in [6.45, 7) is 5.30. The number of benzene rings is 1. The number of nitrogens with two attached hydrogens (primary N) is 1. The van der Waals surface area contributed by atoms with Crippen LogP contribution < -0.4 is 20.5 Å². The van der Waals surface area contributed by atoms with Crippen molar-refractivity contribution in [3.8, 4) is 11.5 Å². The molecular formula is C15H21BrN2O3. The Kier molecular flexibility index (Phi) is 5.47. The maximum atomic E-state index is 11.8. The number of hydrogen-bond acceptors (Lipinski definition) is 4. The summed E-state index contributed by atoms with van der Waals surface area (Å²) in [5, 5.41) is 3.24. The molecule has 1 aliphatic heterocycles. The van der Waals surface area contributed by atoms with Gasteiger partial charge in [0, 0.05) is 12.5 Å². The summed E-state index contributed by atoms with van der Waals surface area (Å²) < 4.78 is 12.1. The molecule has 1 aromatic carbocycles. The molecule has 2 rings (SSSR count). The second kappa shape index (κ2) is 7.13. The predicted octanol–water partition coefficient (Wildman–Crippen LogP) is 2.52. The first-order valence-electron chi connectivity index (χ1n) is 7.17. The highest BCUT2D eigenvalue weighted by atomic mass is 79.9. The van der Waals surface area contributed by atoms with Crippen LogP contribution in [0, 0.1) is 0 Å². The lowest BCUT2D eigenvalue weighted by Gasteiger charge is -2.22. The van der Waals surface area contributed by atoms with Gasteiger partial charge in [0.2, 0.25) is 5.91 Å². The second-order valence-electron chi connectivity index (χ2n) is 5.19. The van der Waals surface area contributed by atoms with E-state index in [0.29, 0.717) is 24.7 Å². The highest BCUT2D eigenvalue weighted by Gasteiger charge is 2.23. The Morgan fingerprint density at radius 1 is 1.43 bits per heavy atom. The summed E-state index contributed by atoms with van der Waals surface area (Å²) in [6.07, 6.45) is 1.75. The van der Waals surface area contributed by atoms with Crippen molar-refractivity contribution in [3.05, 3.63) is 22.2 Å². The van der Waals surface area contributed by atoms with E-state index in [1.807, 2.05) is 19.1 Å². The summed E-state index contributed by atoms with van der Waals surface area (Å²) in [5.41, 5.74) is 6.32. The topological polar surface area (TPSA) is 73.6 Å². The van der Waals surface area contributed by atoms with Gasteiger partial charge in [-0.15, -0.1) is 0 Å². The zero-order valence-corrected chi connectivity index (χ0v) is 13.9.